The lowest BCUT2D eigenvalue weighted by Gasteiger charge is -2.27. The van der Waals surface area contributed by atoms with Crippen molar-refractivity contribution in [2.45, 2.75) is 6.54 Å². The van der Waals surface area contributed by atoms with E-state index in [9.17, 15) is 4.79 Å². The number of hydrogen-bond acceptors (Lipinski definition) is 5. The molecule has 0 unspecified atom stereocenters. The quantitative estimate of drug-likeness (QED) is 0.687. The molecule has 2 heterocycles. The van der Waals surface area contributed by atoms with Gasteiger partial charge in [0.2, 0.25) is 0 Å². The van der Waals surface area contributed by atoms with Gasteiger partial charge >= 0.3 is 0 Å². The predicted octanol–water partition coefficient (Wildman–Crippen LogP) is 3.16. The lowest BCUT2D eigenvalue weighted by molar-refractivity contribution is 0.0979. The first kappa shape index (κ1) is 18.1. The first-order valence-electron chi connectivity index (χ1n) is 9.38. The Morgan fingerprint density at radius 2 is 1.57 bits per heavy atom. The standard InChI is InChI=1S/C22H22N4O2/c27-22(20-11-12-21(24-23-20)25-13-15-28-16-14-25)26(19-9-5-2-6-10-19)17-18-7-3-1-4-8-18/h1-12H,13-17H2. The fraction of sp³-hybridized carbons (Fsp3) is 0.227. The van der Waals surface area contributed by atoms with Gasteiger partial charge < -0.3 is 14.5 Å². The Kier molecular flexibility index (Phi) is 5.58. The fourth-order valence-electron chi connectivity index (χ4n) is 3.19. The van der Waals surface area contributed by atoms with Crippen LogP contribution in [0.2, 0.25) is 0 Å². The van der Waals surface area contributed by atoms with Crippen molar-refractivity contribution in [2.24, 2.45) is 0 Å². The van der Waals surface area contributed by atoms with E-state index in [1.54, 1.807) is 11.0 Å². The number of aromatic nitrogens is 2. The molecule has 1 aromatic heterocycles. The minimum atomic E-state index is -0.170. The monoisotopic (exact) mass is 374 g/mol. The normalized spacial score (nSPS) is 13.9. The number of rotatable bonds is 5. The Balaban J connectivity index is 1.58. The van der Waals surface area contributed by atoms with Gasteiger partial charge in [0.25, 0.3) is 5.91 Å². The average Bonchev–Trinajstić information content (AvgIpc) is 2.79. The second kappa shape index (κ2) is 8.63. The molecule has 1 amide bonds. The number of carbonyl (C=O) groups excluding carboxylic acids is 1. The molecule has 142 valence electrons. The van der Waals surface area contributed by atoms with Crippen molar-refractivity contribution < 1.29 is 9.53 Å². The molecule has 1 saturated heterocycles. The number of morpholine rings is 1. The molecule has 6 nitrogen and oxygen atoms in total. The van der Waals surface area contributed by atoms with Crippen molar-refractivity contribution in [3.8, 4) is 0 Å². The third kappa shape index (κ3) is 4.18. The van der Waals surface area contributed by atoms with E-state index in [-0.39, 0.29) is 5.91 Å². The van der Waals surface area contributed by atoms with E-state index in [0.717, 1.165) is 30.2 Å². The molecule has 2 aromatic carbocycles. The molecule has 1 aliphatic rings. The summed E-state index contributed by atoms with van der Waals surface area (Å²) in [5, 5.41) is 8.50. The van der Waals surface area contributed by atoms with Gasteiger partial charge in [-0.15, -0.1) is 10.2 Å². The fourth-order valence-corrected chi connectivity index (χ4v) is 3.19. The van der Waals surface area contributed by atoms with Crippen molar-refractivity contribution in [3.63, 3.8) is 0 Å². The summed E-state index contributed by atoms with van der Waals surface area (Å²) in [6, 6.07) is 23.2. The van der Waals surface area contributed by atoms with Crippen LogP contribution in [-0.4, -0.2) is 42.4 Å². The molecular weight excluding hydrogens is 352 g/mol. The highest BCUT2D eigenvalue weighted by Gasteiger charge is 2.21. The van der Waals surface area contributed by atoms with Crippen LogP contribution in [0.3, 0.4) is 0 Å². The predicted molar refractivity (Wildman–Crippen MR) is 108 cm³/mol. The molecule has 0 saturated carbocycles. The third-order valence-electron chi connectivity index (χ3n) is 4.70. The maximum atomic E-state index is 13.2. The maximum Gasteiger partial charge on any atom is 0.279 e. The Hall–Kier alpha value is -3.25. The van der Waals surface area contributed by atoms with Crippen molar-refractivity contribution in [3.05, 3.63) is 84.1 Å². The highest BCUT2D eigenvalue weighted by molar-refractivity contribution is 6.04. The van der Waals surface area contributed by atoms with Crippen molar-refractivity contribution in [1.29, 1.82) is 0 Å². The van der Waals surface area contributed by atoms with Gasteiger partial charge in [-0.25, -0.2) is 0 Å². The minimum Gasteiger partial charge on any atom is -0.378 e. The Labute approximate surface area is 164 Å². The van der Waals surface area contributed by atoms with E-state index in [1.165, 1.54) is 0 Å². The van der Waals surface area contributed by atoms with Gasteiger partial charge in [0.05, 0.1) is 19.8 Å². The summed E-state index contributed by atoms with van der Waals surface area (Å²) < 4.78 is 5.37. The first-order chi connectivity index (χ1) is 13.8. The average molecular weight is 374 g/mol. The van der Waals surface area contributed by atoms with Crippen LogP contribution in [0.25, 0.3) is 0 Å². The Morgan fingerprint density at radius 1 is 0.893 bits per heavy atom. The van der Waals surface area contributed by atoms with Crippen molar-refractivity contribution in [2.75, 3.05) is 36.1 Å². The van der Waals surface area contributed by atoms with Crippen LogP contribution < -0.4 is 9.80 Å². The highest BCUT2D eigenvalue weighted by atomic mass is 16.5. The second-order valence-electron chi connectivity index (χ2n) is 6.59. The van der Waals surface area contributed by atoms with E-state index in [0.29, 0.717) is 25.5 Å². The molecule has 3 aromatic rings. The highest BCUT2D eigenvalue weighted by Crippen LogP contribution is 2.20. The van der Waals surface area contributed by atoms with Gasteiger partial charge in [0, 0.05) is 18.8 Å². The van der Waals surface area contributed by atoms with Crippen LogP contribution in [0.15, 0.2) is 72.8 Å². The number of hydrogen-bond donors (Lipinski definition) is 0. The molecular formula is C22H22N4O2. The number of anilines is 2. The zero-order chi connectivity index (χ0) is 19.2. The van der Waals surface area contributed by atoms with Gasteiger partial charge in [-0.3, -0.25) is 4.79 Å². The smallest absolute Gasteiger partial charge is 0.279 e. The third-order valence-corrected chi connectivity index (χ3v) is 4.70. The maximum absolute atomic E-state index is 13.2. The molecule has 4 rings (SSSR count). The van der Waals surface area contributed by atoms with Crippen LogP contribution in [0.5, 0.6) is 0 Å². The summed E-state index contributed by atoms with van der Waals surface area (Å²) in [5.41, 5.74) is 2.21. The molecule has 6 heteroatoms. The number of benzene rings is 2. The lowest BCUT2D eigenvalue weighted by Crippen LogP contribution is -2.37. The second-order valence-corrected chi connectivity index (χ2v) is 6.59. The first-order valence-corrected chi connectivity index (χ1v) is 9.38. The van der Waals surface area contributed by atoms with Crippen LogP contribution in [0, 0.1) is 0 Å². The summed E-state index contributed by atoms with van der Waals surface area (Å²) in [6.07, 6.45) is 0. The van der Waals surface area contributed by atoms with Crippen LogP contribution in [0.4, 0.5) is 11.5 Å². The van der Waals surface area contributed by atoms with E-state index in [1.807, 2.05) is 66.7 Å². The van der Waals surface area contributed by atoms with Crippen LogP contribution in [0.1, 0.15) is 16.1 Å². The zero-order valence-corrected chi connectivity index (χ0v) is 15.6. The largest absolute Gasteiger partial charge is 0.378 e. The molecule has 0 N–H and O–H groups in total. The van der Waals surface area contributed by atoms with E-state index in [4.69, 9.17) is 4.74 Å². The van der Waals surface area contributed by atoms with Crippen molar-refractivity contribution in [1.82, 2.24) is 10.2 Å². The van der Waals surface area contributed by atoms with E-state index in [2.05, 4.69) is 15.1 Å². The summed E-state index contributed by atoms with van der Waals surface area (Å²) in [7, 11) is 0. The van der Waals surface area contributed by atoms with Gasteiger partial charge in [-0.1, -0.05) is 48.5 Å². The lowest BCUT2D eigenvalue weighted by atomic mass is 10.2. The van der Waals surface area contributed by atoms with Crippen LogP contribution >= 0.6 is 0 Å². The molecule has 0 atom stereocenters. The molecule has 28 heavy (non-hydrogen) atoms. The Morgan fingerprint density at radius 3 is 2.21 bits per heavy atom. The molecule has 0 spiro atoms. The number of carbonyl (C=O) groups is 1. The number of amides is 1. The SMILES string of the molecule is O=C(c1ccc(N2CCOCC2)nn1)N(Cc1ccccc1)c1ccccc1. The molecule has 0 aliphatic carbocycles. The van der Waals surface area contributed by atoms with E-state index >= 15 is 0 Å². The summed E-state index contributed by atoms with van der Waals surface area (Å²) in [5.74, 6) is 0.602. The number of ether oxygens (including phenoxy) is 1. The molecule has 0 bridgehead atoms. The zero-order valence-electron chi connectivity index (χ0n) is 15.6. The molecule has 1 fully saturated rings. The van der Waals surface area contributed by atoms with E-state index < -0.39 is 0 Å². The van der Waals surface area contributed by atoms with Gasteiger partial charge in [0.15, 0.2) is 11.5 Å². The van der Waals surface area contributed by atoms with Gasteiger partial charge in [-0.2, -0.15) is 0 Å². The number of para-hydroxylation sites is 1. The van der Waals surface area contributed by atoms with Crippen LogP contribution in [-0.2, 0) is 11.3 Å². The van der Waals surface area contributed by atoms with Crippen molar-refractivity contribution >= 4 is 17.4 Å². The summed E-state index contributed by atoms with van der Waals surface area (Å²) in [6.45, 7) is 3.40. The topological polar surface area (TPSA) is 58.6 Å². The Bertz CT molecular complexity index is 895. The van der Waals surface area contributed by atoms with Gasteiger partial charge in [-0.05, 0) is 29.8 Å². The minimum absolute atomic E-state index is 0.170. The summed E-state index contributed by atoms with van der Waals surface area (Å²) >= 11 is 0. The summed E-state index contributed by atoms with van der Waals surface area (Å²) in [4.78, 5) is 17.1. The van der Waals surface area contributed by atoms with Gasteiger partial charge in [0.1, 0.15) is 0 Å². The molecule has 1 aliphatic heterocycles. The number of nitrogens with zero attached hydrogens (tertiary/aromatic N) is 4. The molecule has 0 radical (unpaired) electrons.